The first-order valence-corrected chi connectivity index (χ1v) is 11.6. The first kappa shape index (κ1) is 21.0. The maximum atomic E-state index is 12.7. The number of piperazine rings is 1. The van der Waals surface area contributed by atoms with Gasteiger partial charge in [0.25, 0.3) is 5.91 Å². The molecule has 0 spiro atoms. The second-order valence-corrected chi connectivity index (χ2v) is 8.80. The van der Waals surface area contributed by atoms with Crippen LogP contribution in [0.4, 0.5) is 11.5 Å². The lowest BCUT2D eigenvalue weighted by Gasteiger charge is -2.37. The number of nitrogens with zero attached hydrogens (tertiary/aromatic N) is 3. The van der Waals surface area contributed by atoms with E-state index in [9.17, 15) is 4.79 Å². The quantitative estimate of drug-likeness (QED) is 0.633. The summed E-state index contributed by atoms with van der Waals surface area (Å²) in [4.78, 5) is 22.1. The van der Waals surface area contributed by atoms with Gasteiger partial charge in [-0.1, -0.05) is 17.7 Å². The molecule has 3 heterocycles. The molecule has 1 unspecified atom stereocenters. The number of fused-ring (bicyclic) bond motifs is 1. The monoisotopic (exact) mass is 450 g/mol. The molecule has 1 N–H and O–H groups in total. The van der Waals surface area contributed by atoms with Gasteiger partial charge in [0.2, 0.25) is 0 Å². The van der Waals surface area contributed by atoms with Crippen LogP contribution in [0.25, 0.3) is 10.8 Å². The van der Waals surface area contributed by atoms with E-state index in [1.54, 1.807) is 0 Å². The van der Waals surface area contributed by atoms with Gasteiger partial charge in [-0.3, -0.25) is 4.79 Å². The van der Waals surface area contributed by atoms with Crippen molar-refractivity contribution in [3.05, 3.63) is 65.3 Å². The maximum absolute atomic E-state index is 12.7. The lowest BCUT2D eigenvalue weighted by atomic mass is 10.1. The van der Waals surface area contributed by atoms with Crippen LogP contribution in [0.15, 0.2) is 54.7 Å². The second kappa shape index (κ2) is 9.35. The van der Waals surface area contributed by atoms with Crippen molar-refractivity contribution >= 4 is 39.8 Å². The number of carbonyl (C=O) groups excluding carboxylic acids is 1. The van der Waals surface area contributed by atoms with Gasteiger partial charge >= 0.3 is 0 Å². The van der Waals surface area contributed by atoms with Crippen LogP contribution in [-0.2, 0) is 4.74 Å². The molecule has 2 aliphatic rings. The Morgan fingerprint density at radius 2 is 1.84 bits per heavy atom. The Balaban J connectivity index is 1.31. The molecule has 2 fully saturated rings. The number of hydrogen-bond donors (Lipinski definition) is 1. The van der Waals surface area contributed by atoms with E-state index in [0.29, 0.717) is 12.1 Å². The lowest BCUT2D eigenvalue weighted by molar-refractivity contribution is 0.0858. The van der Waals surface area contributed by atoms with Crippen molar-refractivity contribution in [3.8, 4) is 0 Å². The van der Waals surface area contributed by atoms with E-state index < -0.39 is 0 Å². The molecule has 3 aromatic rings. The van der Waals surface area contributed by atoms with E-state index in [1.807, 2.05) is 42.6 Å². The molecule has 32 heavy (non-hydrogen) atoms. The molecular weight excluding hydrogens is 424 g/mol. The van der Waals surface area contributed by atoms with Gasteiger partial charge in [0.1, 0.15) is 5.82 Å². The summed E-state index contributed by atoms with van der Waals surface area (Å²) >= 11 is 6.03. The minimum Gasteiger partial charge on any atom is -0.376 e. The number of aromatic nitrogens is 1. The summed E-state index contributed by atoms with van der Waals surface area (Å²) in [6.45, 7) is 4.89. The molecule has 7 heteroatoms. The molecule has 0 aliphatic carbocycles. The molecule has 0 radical (unpaired) electrons. The fourth-order valence-corrected chi connectivity index (χ4v) is 4.61. The molecule has 6 nitrogen and oxygen atoms in total. The highest BCUT2D eigenvalue weighted by molar-refractivity contribution is 6.30. The first-order valence-electron chi connectivity index (χ1n) is 11.2. The van der Waals surface area contributed by atoms with Crippen LogP contribution in [0, 0.1) is 0 Å². The van der Waals surface area contributed by atoms with Gasteiger partial charge in [0.05, 0.1) is 6.10 Å². The van der Waals surface area contributed by atoms with E-state index in [2.05, 4.69) is 32.2 Å². The predicted molar refractivity (Wildman–Crippen MR) is 129 cm³/mol. The van der Waals surface area contributed by atoms with E-state index in [4.69, 9.17) is 16.3 Å². The Morgan fingerprint density at radius 1 is 1.06 bits per heavy atom. The highest BCUT2D eigenvalue weighted by atomic mass is 35.5. The van der Waals surface area contributed by atoms with Crippen LogP contribution in [0.3, 0.4) is 0 Å². The Bertz CT molecular complexity index is 1090. The fourth-order valence-electron chi connectivity index (χ4n) is 4.49. The summed E-state index contributed by atoms with van der Waals surface area (Å²) in [6, 6.07) is 15.8. The summed E-state index contributed by atoms with van der Waals surface area (Å²) in [5.74, 6) is 0.872. The topological polar surface area (TPSA) is 57.7 Å². The van der Waals surface area contributed by atoms with Crippen molar-refractivity contribution in [1.82, 2.24) is 10.3 Å². The van der Waals surface area contributed by atoms with Crippen molar-refractivity contribution in [3.63, 3.8) is 0 Å². The summed E-state index contributed by atoms with van der Waals surface area (Å²) < 4.78 is 5.61. The average Bonchev–Trinajstić information content (AvgIpc) is 3.36. The average molecular weight is 451 g/mol. The third kappa shape index (κ3) is 4.52. The molecule has 0 bridgehead atoms. The summed E-state index contributed by atoms with van der Waals surface area (Å²) in [5.41, 5.74) is 1.84. The minimum atomic E-state index is -0.0650. The molecule has 2 saturated heterocycles. The molecular formula is C25H27ClN4O2. The van der Waals surface area contributed by atoms with E-state index >= 15 is 0 Å². The van der Waals surface area contributed by atoms with Crippen molar-refractivity contribution < 1.29 is 9.53 Å². The number of rotatable bonds is 5. The summed E-state index contributed by atoms with van der Waals surface area (Å²) in [5, 5.41) is 5.87. The number of hydrogen-bond acceptors (Lipinski definition) is 5. The molecule has 2 aliphatic heterocycles. The van der Waals surface area contributed by atoms with E-state index in [-0.39, 0.29) is 12.0 Å². The molecule has 0 saturated carbocycles. The van der Waals surface area contributed by atoms with Gasteiger partial charge in [-0.2, -0.15) is 0 Å². The highest BCUT2D eigenvalue weighted by Crippen LogP contribution is 2.28. The molecule has 1 atom stereocenters. The second-order valence-electron chi connectivity index (χ2n) is 8.37. The van der Waals surface area contributed by atoms with Crippen molar-refractivity contribution in [2.24, 2.45) is 0 Å². The van der Waals surface area contributed by atoms with Crippen LogP contribution in [-0.4, -0.2) is 56.3 Å². The number of halogens is 1. The number of amides is 1. The van der Waals surface area contributed by atoms with Crippen LogP contribution in [0.2, 0.25) is 5.02 Å². The van der Waals surface area contributed by atoms with Crippen molar-refractivity contribution in [2.45, 2.75) is 18.9 Å². The number of anilines is 2. The van der Waals surface area contributed by atoms with Gasteiger partial charge < -0.3 is 19.9 Å². The van der Waals surface area contributed by atoms with Gasteiger partial charge in [0, 0.05) is 67.2 Å². The molecule has 1 aromatic heterocycles. The number of carbonyl (C=O) groups is 1. The van der Waals surface area contributed by atoms with Crippen LogP contribution >= 0.6 is 11.6 Å². The summed E-state index contributed by atoms with van der Waals surface area (Å²) in [6.07, 6.45) is 4.05. The smallest absolute Gasteiger partial charge is 0.251 e. The fraction of sp³-hybridized carbons (Fsp3) is 0.360. The standard InChI is InChI=1S/C25H27ClN4O2/c26-20-5-7-21(8-6-20)29-11-13-30(14-12-29)24-23-16-19(4-3-18(23)9-10-27-24)25(31)28-17-22-2-1-15-32-22/h3-10,16,22H,1-2,11-15,17H2,(H,28,31). The number of pyridine rings is 1. The zero-order chi connectivity index (χ0) is 21.9. The van der Waals surface area contributed by atoms with Gasteiger partial charge in [0.15, 0.2) is 0 Å². The molecule has 1 amide bonds. The Labute approximate surface area is 193 Å². The van der Waals surface area contributed by atoms with E-state index in [0.717, 1.165) is 67.2 Å². The van der Waals surface area contributed by atoms with Crippen LogP contribution in [0.1, 0.15) is 23.2 Å². The molecule has 5 rings (SSSR count). The first-order chi connectivity index (χ1) is 15.7. The predicted octanol–water partition coefficient (Wildman–Crippen LogP) is 4.12. The van der Waals surface area contributed by atoms with Crippen LogP contribution < -0.4 is 15.1 Å². The highest BCUT2D eigenvalue weighted by Gasteiger charge is 2.21. The number of benzene rings is 2. The number of nitrogens with one attached hydrogen (secondary N) is 1. The maximum Gasteiger partial charge on any atom is 0.251 e. The Hall–Kier alpha value is -2.83. The summed E-state index contributed by atoms with van der Waals surface area (Å²) in [7, 11) is 0. The zero-order valence-corrected chi connectivity index (χ0v) is 18.7. The zero-order valence-electron chi connectivity index (χ0n) is 18.0. The Kier molecular flexibility index (Phi) is 6.14. The van der Waals surface area contributed by atoms with Gasteiger partial charge in [-0.05, 0) is 60.7 Å². The third-order valence-corrected chi connectivity index (χ3v) is 6.54. The van der Waals surface area contributed by atoms with Crippen molar-refractivity contribution in [1.29, 1.82) is 0 Å². The lowest BCUT2D eigenvalue weighted by Crippen LogP contribution is -2.46. The largest absolute Gasteiger partial charge is 0.376 e. The third-order valence-electron chi connectivity index (χ3n) is 6.29. The SMILES string of the molecule is O=C(NCC1CCCO1)c1ccc2ccnc(N3CCN(c4ccc(Cl)cc4)CC3)c2c1. The molecule has 2 aromatic carbocycles. The van der Waals surface area contributed by atoms with Crippen molar-refractivity contribution in [2.75, 3.05) is 49.1 Å². The van der Waals surface area contributed by atoms with Gasteiger partial charge in [-0.25, -0.2) is 4.98 Å². The Morgan fingerprint density at radius 3 is 2.59 bits per heavy atom. The minimum absolute atomic E-state index is 0.0650. The van der Waals surface area contributed by atoms with Gasteiger partial charge in [-0.15, -0.1) is 0 Å². The normalized spacial score (nSPS) is 18.8. The molecule has 166 valence electrons. The van der Waals surface area contributed by atoms with E-state index in [1.165, 1.54) is 5.69 Å². The number of ether oxygens (including phenoxy) is 1. The van der Waals surface area contributed by atoms with Crippen LogP contribution in [0.5, 0.6) is 0 Å².